The number of nitrogen functional groups attached to an aromatic ring is 1. The first-order valence-electron chi connectivity index (χ1n) is 7.57. The third-order valence-corrected chi connectivity index (χ3v) is 3.21. The summed E-state index contributed by atoms with van der Waals surface area (Å²) in [5.74, 6) is 0.525. The number of anilines is 1. The summed E-state index contributed by atoms with van der Waals surface area (Å²) in [4.78, 5) is 12.8. The van der Waals surface area contributed by atoms with E-state index in [1.54, 1.807) is 0 Å². The number of halogens is 1. The van der Waals surface area contributed by atoms with Crippen LogP contribution in [-0.4, -0.2) is 32.8 Å². The van der Waals surface area contributed by atoms with Crippen LogP contribution in [0.1, 0.15) is 25.0 Å². The third-order valence-electron chi connectivity index (χ3n) is 3.21. The number of benzene rings is 1. The summed E-state index contributed by atoms with van der Waals surface area (Å²) in [5, 5.41) is 0. The molecule has 0 spiro atoms. The quantitative estimate of drug-likeness (QED) is 0.568. The maximum Gasteiger partial charge on any atom is 0.323 e. The van der Waals surface area contributed by atoms with Crippen LogP contribution in [0.4, 0.5) is 5.69 Å². The smallest absolute Gasteiger partial charge is 0.323 e. The fraction of sp³-hybridized carbons (Fsp3) is 0.400. The number of ether oxygens (including phenoxy) is 2. The molecule has 11 heteroatoms. The highest BCUT2D eigenvalue weighted by Crippen LogP contribution is 2.28. The van der Waals surface area contributed by atoms with Crippen molar-refractivity contribution < 1.29 is 38.4 Å². The first-order chi connectivity index (χ1) is 12.1. The highest BCUT2D eigenvalue weighted by molar-refractivity contribution is 5.67. The minimum atomic E-state index is -4.69. The summed E-state index contributed by atoms with van der Waals surface area (Å²) >= 11 is 0. The summed E-state index contributed by atoms with van der Waals surface area (Å²) in [7, 11) is -4.69. The molecule has 2 aromatic rings. The third kappa shape index (κ3) is 6.94. The summed E-state index contributed by atoms with van der Waals surface area (Å²) < 4.78 is 43.5. The van der Waals surface area contributed by atoms with Gasteiger partial charge in [0.25, 0.3) is 0 Å². The van der Waals surface area contributed by atoms with Gasteiger partial charge in [0.1, 0.15) is 0 Å². The fourth-order valence-electron chi connectivity index (χ4n) is 1.93. The van der Waals surface area contributed by atoms with Crippen molar-refractivity contribution in [2.24, 2.45) is 0 Å². The van der Waals surface area contributed by atoms with E-state index in [0.717, 1.165) is 22.4 Å². The Morgan fingerprint density at radius 2 is 1.42 bits per heavy atom. The molecule has 0 bridgehead atoms. The molecular formula is C15H21ClN4O6. The van der Waals surface area contributed by atoms with E-state index in [1.165, 1.54) is 0 Å². The molecule has 0 saturated carbocycles. The van der Waals surface area contributed by atoms with E-state index in [-0.39, 0.29) is 12.0 Å². The Morgan fingerprint density at radius 3 is 1.85 bits per heavy atom. The molecule has 0 atom stereocenters. The van der Waals surface area contributed by atoms with E-state index < -0.39 is 10.2 Å². The van der Waals surface area contributed by atoms with Crippen molar-refractivity contribution >= 4 is 5.69 Å². The standard InChI is InChI=1S/C15H20N4O2.ClHO4/c1-5-20-14-17-13(18-15(19-14)21-6-2)11-7-8-12(16)10(4)9(11)3;2-1(3,4)5/h7-8H,5-6,16H2,1-4H3;(H,2,3,4,5). The lowest BCUT2D eigenvalue weighted by molar-refractivity contribution is -1.92. The molecule has 0 aliphatic rings. The van der Waals surface area contributed by atoms with Crippen LogP contribution in [0.15, 0.2) is 12.1 Å². The lowest BCUT2D eigenvalue weighted by Crippen LogP contribution is -2.58. The highest BCUT2D eigenvalue weighted by Gasteiger charge is 2.14. The Bertz CT molecular complexity index is 709. The zero-order chi connectivity index (χ0) is 19.9. The molecular weight excluding hydrogens is 368 g/mol. The Morgan fingerprint density at radius 1 is 0.962 bits per heavy atom. The van der Waals surface area contributed by atoms with Crippen LogP contribution < -0.4 is 29.2 Å². The molecule has 26 heavy (non-hydrogen) atoms. The predicted molar refractivity (Wildman–Crippen MR) is 83.7 cm³/mol. The lowest BCUT2D eigenvalue weighted by atomic mass is 10.0. The molecule has 3 N–H and O–H groups in total. The van der Waals surface area contributed by atoms with Crippen molar-refractivity contribution in [3.8, 4) is 23.4 Å². The number of aromatic nitrogens is 3. The van der Waals surface area contributed by atoms with Crippen LogP contribution >= 0.6 is 0 Å². The van der Waals surface area contributed by atoms with Crippen LogP contribution in [0.5, 0.6) is 12.0 Å². The zero-order valence-corrected chi connectivity index (χ0v) is 15.6. The SMILES string of the molecule is CCOc1nc(OCC)nc(-c2ccc(N)c(C)c2C)n1.[O-][Cl+3]([O-])([O-])O. The first-order valence-corrected chi connectivity index (χ1v) is 8.84. The van der Waals surface area contributed by atoms with Crippen LogP contribution in [-0.2, 0) is 0 Å². The molecule has 1 heterocycles. The average molecular weight is 389 g/mol. The van der Waals surface area contributed by atoms with Crippen molar-refractivity contribution in [1.29, 1.82) is 0 Å². The summed E-state index contributed by atoms with van der Waals surface area (Å²) in [6, 6.07) is 4.28. The van der Waals surface area contributed by atoms with Gasteiger partial charge in [-0.3, -0.25) is 0 Å². The van der Waals surface area contributed by atoms with Gasteiger partial charge in [-0.2, -0.15) is 23.9 Å². The van der Waals surface area contributed by atoms with Gasteiger partial charge >= 0.3 is 12.0 Å². The molecule has 0 unspecified atom stereocenters. The molecule has 144 valence electrons. The monoisotopic (exact) mass is 388 g/mol. The largest absolute Gasteiger partial charge is 0.464 e. The maximum absolute atomic E-state index is 8.60. The second kappa shape index (κ2) is 9.46. The number of nitrogens with zero attached hydrogens (tertiary/aromatic N) is 3. The van der Waals surface area contributed by atoms with Crippen molar-refractivity contribution in [1.82, 2.24) is 15.0 Å². The van der Waals surface area contributed by atoms with Gasteiger partial charge in [0, 0.05) is 11.3 Å². The lowest BCUT2D eigenvalue weighted by Gasteiger charge is -2.11. The minimum Gasteiger partial charge on any atom is -0.464 e. The second-order valence-corrected chi connectivity index (χ2v) is 5.73. The van der Waals surface area contributed by atoms with Crippen LogP contribution in [0.2, 0.25) is 0 Å². The predicted octanol–water partition coefficient (Wildman–Crippen LogP) is -1.59. The van der Waals surface area contributed by atoms with Gasteiger partial charge in [-0.25, -0.2) is 0 Å². The molecule has 0 radical (unpaired) electrons. The van der Waals surface area contributed by atoms with E-state index in [1.807, 2.05) is 39.8 Å². The molecule has 0 amide bonds. The van der Waals surface area contributed by atoms with Gasteiger partial charge in [0.2, 0.25) is 0 Å². The van der Waals surface area contributed by atoms with Crippen LogP contribution in [0.3, 0.4) is 0 Å². The van der Waals surface area contributed by atoms with Crippen molar-refractivity contribution in [2.45, 2.75) is 27.7 Å². The van der Waals surface area contributed by atoms with Crippen molar-refractivity contribution in [3.63, 3.8) is 0 Å². The first kappa shape index (κ1) is 21.8. The molecule has 0 fully saturated rings. The van der Waals surface area contributed by atoms with E-state index in [4.69, 9.17) is 33.8 Å². The topological polar surface area (TPSA) is 173 Å². The maximum atomic E-state index is 8.60. The van der Waals surface area contributed by atoms with Gasteiger partial charge in [-0.15, -0.1) is 4.98 Å². The van der Waals surface area contributed by atoms with E-state index in [2.05, 4.69) is 15.0 Å². The second-order valence-electron chi connectivity index (χ2n) is 4.94. The van der Waals surface area contributed by atoms with Crippen LogP contribution in [0, 0.1) is 24.1 Å². The highest BCUT2D eigenvalue weighted by atomic mass is 35.7. The van der Waals surface area contributed by atoms with Crippen molar-refractivity contribution in [2.75, 3.05) is 18.9 Å². The summed E-state index contributed by atoms with van der Waals surface area (Å²) in [5.41, 5.74) is 9.62. The van der Waals surface area contributed by atoms with Gasteiger partial charge < -0.3 is 15.2 Å². The van der Waals surface area contributed by atoms with E-state index in [9.17, 15) is 0 Å². The normalized spacial score (nSPS) is 10.8. The Kier molecular flexibility index (Phi) is 7.93. The molecule has 10 nitrogen and oxygen atoms in total. The number of hydrogen-bond acceptors (Lipinski definition) is 10. The number of nitrogens with two attached hydrogens (primary N) is 1. The minimum absolute atomic E-state index is 0.264. The average Bonchev–Trinajstić information content (AvgIpc) is 2.51. The van der Waals surface area contributed by atoms with Crippen LogP contribution in [0.25, 0.3) is 11.4 Å². The zero-order valence-electron chi connectivity index (χ0n) is 14.9. The Labute approximate surface area is 153 Å². The molecule has 1 aromatic heterocycles. The summed E-state index contributed by atoms with van der Waals surface area (Å²) in [6.07, 6.45) is 0. The van der Waals surface area contributed by atoms with Gasteiger partial charge in [-0.05, 0) is 51.0 Å². The van der Waals surface area contributed by atoms with Crippen molar-refractivity contribution in [3.05, 3.63) is 23.3 Å². The summed E-state index contributed by atoms with van der Waals surface area (Å²) in [6.45, 7) is 8.68. The molecule has 0 saturated heterocycles. The molecule has 0 aliphatic carbocycles. The van der Waals surface area contributed by atoms with Gasteiger partial charge in [0.05, 0.1) is 28.1 Å². The number of rotatable bonds is 5. The Balaban J connectivity index is 0.000000597. The Hall–Kier alpha value is -2.24. The molecule has 2 rings (SSSR count). The molecule has 1 aromatic carbocycles. The van der Waals surface area contributed by atoms with E-state index in [0.29, 0.717) is 19.0 Å². The fourth-order valence-corrected chi connectivity index (χ4v) is 1.93. The van der Waals surface area contributed by atoms with E-state index >= 15 is 0 Å². The van der Waals surface area contributed by atoms with Gasteiger partial charge in [0.15, 0.2) is 5.82 Å². The molecule has 0 aliphatic heterocycles. The number of hydrogen-bond donors (Lipinski definition) is 2. The van der Waals surface area contributed by atoms with Gasteiger partial charge in [-0.1, -0.05) is 0 Å².